The molecule has 2 bridgehead atoms. The summed E-state index contributed by atoms with van der Waals surface area (Å²) in [6.45, 7) is 5.44. The van der Waals surface area contributed by atoms with Crippen LogP contribution in [0.15, 0.2) is 18.7 Å². The SMILES string of the molecule is C[n+]1ccn(C[C@]23CC[C@H](CC2=O)C3(C)C)c1. The molecule has 2 saturated carbocycles. The van der Waals surface area contributed by atoms with Crippen LogP contribution in [0.4, 0.5) is 0 Å². The van der Waals surface area contributed by atoms with E-state index in [0.717, 1.165) is 19.4 Å². The number of ketones is 1. The summed E-state index contributed by atoms with van der Waals surface area (Å²) in [4.78, 5) is 12.4. The number of carbonyl (C=O) groups is 1. The predicted molar refractivity (Wildman–Crippen MR) is 64.2 cm³/mol. The van der Waals surface area contributed by atoms with Gasteiger partial charge in [-0.1, -0.05) is 13.8 Å². The van der Waals surface area contributed by atoms with Gasteiger partial charge in [0.15, 0.2) is 0 Å². The number of fused-ring (bicyclic) bond motifs is 2. The monoisotopic (exact) mass is 233 g/mol. The Balaban J connectivity index is 1.97. The highest BCUT2D eigenvalue weighted by Crippen LogP contribution is 2.64. The Bertz CT molecular complexity index is 474. The van der Waals surface area contributed by atoms with Crippen LogP contribution in [0.1, 0.15) is 33.1 Å². The average Bonchev–Trinajstić information content (AvgIpc) is 2.80. The van der Waals surface area contributed by atoms with Crippen molar-refractivity contribution < 1.29 is 9.36 Å². The number of hydrogen-bond donors (Lipinski definition) is 0. The van der Waals surface area contributed by atoms with Crippen LogP contribution in [0.2, 0.25) is 0 Å². The largest absolute Gasteiger partial charge is 0.299 e. The second-order valence-corrected chi connectivity index (χ2v) is 6.42. The van der Waals surface area contributed by atoms with Crippen LogP contribution in [-0.2, 0) is 18.4 Å². The van der Waals surface area contributed by atoms with Crippen molar-refractivity contribution in [3.8, 4) is 0 Å². The number of aryl methyl sites for hydroxylation is 1. The maximum atomic E-state index is 12.4. The van der Waals surface area contributed by atoms with E-state index < -0.39 is 0 Å². The molecule has 2 atom stereocenters. The number of carbonyl (C=O) groups excluding carboxylic acids is 1. The minimum atomic E-state index is -0.107. The molecule has 2 aliphatic carbocycles. The highest BCUT2D eigenvalue weighted by Gasteiger charge is 2.65. The molecule has 2 fully saturated rings. The molecule has 0 aromatic carbocycles. The van der Waals surface area contributed by atoms with Gasteiger partial charge in [-0.2, -0.15) is 0 Å². The Morgan fingerprint density at radius 3 is 2.76 bits per heavy atom. The van der Waals surface area contributed by atoms with Gasteiger partial charge in [0, 0.05) is 6.42 Å². The molecule has 0 unspecified atom stereocenters. The average molecular weight is 233 g/mol. The molecule has 0 aliphatic heterocycles. The first-order valence-electron chi connectivity index (χ1n) is 6.50. The first-order chi connectivity index (χ1) is 7.96. The molecule has 1 heterocycles. The van der Waals surface area contributed by atoms with Crippen LogP contribution in [-0.4, -0.2) is 10.4 Å². The number of Topliss-reactive ketones (excluding diaryl/α,β-unsaturated/α-hetero) is 1. The molecule has 0 radical (unpaired) electrons. The lowest BCUT2D eigenvalue weighted by molar-refractivity contribution is -0.671. The second kappa shape index (κ2) is 3.21. The summed E-state index contributed by atoms with van der Waals surface area (Å²) in [6.07, 6.45) is 9.29. The van der Waals surface area contributed by atoms with E-state index in [1.807, 2.05) is 17.8 Å². The van der Waals surface area contributed by atoms with E-state index in [1.165, 1.54) is 6.42 Å². The molecular weight excluding hydrogens is 212 g/mol. The van der Waals surface area contributed by atoms with E-state index in [-0.39, 0.29) is 10.8 Å². The summed E-state index contributed by atoms with van der Waals surface area (Å²) in [6, 6.07) is 0. The molecule has 3 rings (SSSR count). The molecule has 1 aromatic rings. The Morgan fingerprint density at radius 2 is 2.29 bits per heavy atom. The molecule has 0 spiro atoms. The third-order valence-corrected chi connectivity index (χ3v) is 5.42. The molecule has 3 nitrogen and oxygen atoms in total. The molecule has 17 heavy (non-hydrogen) atoms. The summed E-state index contributed by atoms with van der Waals surface area (Å²) in [5, 5.41) is 0. The van der Waals surface area contributed by atoms with Gasteiger partial charge in [0.2, 0.25) is 6.33 Å². The lowest BCUT2D eigenvalue weighted by atomic mass is 9.69. The van der Waals surface area contributed by atoms with Gasteiger partial charge in [0.05, 0.1) is 12.5 Å². The van der Waals surface area contributed by atoms with Gasteiger partial charge in [-0.15, -0.1) is 0 Å². The van der Waals surface area contributed by atoms with Crippen LogP contribution in [0.3, 0.4) is 0 Å². The summed E-state index contributed by atoms with van der Waals surface area (Å²) in [5.74, 6) is 1.11. The van der Waals surface area contributed by atoms with Crippen LogP contribution in [0, 0.1) is 16.7 Å². The van der Waals surface area contributed by atoms with Crippen molar-refractivity contribution in [2.75, 3.05) is 0 Å². The zero-order chi connectivity index (χ0) is 12.3. The van der Waals surface area contributed by atoms with E-state index in [4.69, 9.17) is 0 Å². The van der Waals surface area contributed by atoms with Crippen LogP contribution in [0.25, 0.3) is 0 Å². The van der Waals surface area contributed by atoms with E-state index in [2.05, 4.69) is 30.9 Å². The van der Waals surface area contributed by atoms with Gasteiger partial charge in [0.25, 0.3) is 0 Å². The smallest absolute Gasteiger partial charge is 0.243 e. The first-order valence-corrected chi connectivity index (χ1v) is 6.50. The van der Waals surface area contributed by atoms with Gasteiger partial charge in [-0.05, 0) is 24.2 Å². The minimum absolute atomic E-state index is 0.107. The molecule has 92 valence electrons. The van der Waals surface area contributed by atoms with Crippen molar-refractivity contribution in [2.45, 2.75) is 39.7 Å². The number of imidazole rings is 1. The molecular formula is C14H21N2O+. The quantitative estimate of drug-likeness (QED) is 0.714. The highest BCUT2D eigenvalue weighted by molar-refractivity contribution is 5.89. The maximum absolute atomic E-state index is 12.4. The standard InChI is InChI=1S/C14H21N2O/c1-13(2)11-4-5-14(13,12(17)8-11)9-16-7-6-15(3)10-16/h6-7,10-11H,4-5,8-9H2,1-3H3/q+1/t11-,14-/m1/s1. The summed E-state index contributed by atoms with van der Waals surface area (Å²) >= 11 is 0. The summed E-state index contributed by atoms with van der Waals surface area (Å²) in [5.41, 5.74) is 0.0661. The van der Waals surface area contributed by atoms with E-state index in [0.29, 0.717) is 11.7 Å². The molecule has 3 heteroatoms. The van der Waals surface area contributed by atoms with E-state index in [9.17, 15) is 4.79 Å². The van der Waals surface area contributed by atoms with Crippen molar-refractivity contribution in [2.24, 2.45) is 23.8 Å². The zero-order valence-corrected chi connectivity index (χ0v) is 10.9. The Labute approximate surface area is 102 Å². The van der Waals surface area contributed by atoms with Crippen molar-refractivity contribution in [3.63, 3.8) is 0 Å². The maximum Gasteiger partial charge on any atom is 0.243 e. The van der Waals surface area contributed by atoms with Gasteiger partial charge in [0.1, 0.15) is 24.7 Å². The molecule has 2 aliphatic rings. The predicted octanol–water partition coefficient (Wildman–Crippen LogP) is 1.71. The van der Waals surface area contributed by atoms with Gasteiger partial charge in [-0.3, -0.25) is 4.79 Å². The fourth-order valence-electron chi connectivity index (χ4n) is 4.05. The third-order valence-electron chi connectivity index (χ3n) is 5.42. The van der Waals surface area contributed by atoms with Crippen LogP contribution >= 0.6 is 0 Å². The van der Waals surface area contributed by atoms with E-state index in [1.54, 1.807) is 0 Å². The fraction of sp³-hybridized carbons (Fsp3) is 0.714. The number of aromatic nitrogens is 2. The van der Waals surface area contributed by atoms with Gasteiger partial charge >= 0.3 is 0 Å². The lowest BCUT2D eigenvalue weighted by Crippen LogP contribution is -2.40. The normalized spacial score (nSPS) is 34.5. The molecule has 0 N–H and O–H groups in total. The first kappa shape index (κ1) is 11.0. The Morgan fingerprint density at radius 1 is 1.53 bits per heavy atom. The molecule has 0 amide bonds. The molecule has 1 aromatic heterocycles. The number of hydrogen-bond acceptors (Lipinski definition) is 1. The molecule has 0 saturated heterocycles. The van der Waals surface area contributed by atoms with Crippen molar-refractivity contribution in [3.05, 3.63) is 18.7 Å². The van der Waals surface area contributed by atoms with E-state index >= 15 is 0 Å². The third kappa shape index (κ3) is 1.28. The minimum Gasteiger partial charge on any atom is -0.299 e. The summed E-state index contributed by atoms with van der Waals surface area (Å²) in [7, 11) is 2.02. The van der Waals surface area contributed by atoms with Crippen molar-refractivity contribution >= 4 is 5.78 Å². The Hall–Kier alpha value is -1.12. The number of rotatable bonds is 2. The topological polar surface area (TPSA) is 25.9 Å². The van der Waals surface area contributed by atoms with Crippen LogP contribution in [0.5, 0.6) is 0 Å². The van der Waals surface area contributed by atoms with Crippen LogP contribution < -0.4 is 4.57 Å². The highest BCUT2D eigenvalue weighted by atomic mass is 16.1. The Kier molecular flexibility index (Phi) is 2.08. The summed E-state index contributed by atoms with van der Waals surface area (Å²) < 4.78 is 4.21. The van der Waals surface area contributed by atoms with Gasteiger partial charge in [-0.25, -0.2) is 9.13 Å². The van der Waals surface area contributed by atoms with Gasteiger partial charge < -0.3 is 0 Å². The second-order valence-electron chi connectivity index (χ2n) is 6.42. The van der Waals surface area contributed by atoms with Crippen molar-refractivity contribution in [1.82, 2.24) is 4.57 Å². The number of nitrogens with zero attached hydrogens (tertiary/aromatic N) is 2. The fourth-order valence-corrected chi connectivity index (χ4v) is 4.05. The lowest BCUT2D eigenvalue weighted by Gasteiger charge is -2.34. The van der Waals surface area contributed by atoms with Crippen molar-refractivity contribution in [1.29, 1.82) is 0 Å². The zero-order valence-electron chi connectivity index (χ0n) is 10.9.